The molecule has 1 N–H and O–H groups in total. The van der Waals surface area contributed by atoms with E-state index in [1.54, 1.807) is 12.1 Å². The van der Waals surface area contributed by atoms with E-state index in [9.17, 15) is 14.4 Å². The van der Waals surface area contributed by atoms with Crippen molar-refractivity contribution in [3.63, 3.8) is 0 Å². The van der Waals surface area contributed by atoms with Crippen molar-refractivity contribution in [1.82, 2.24) is 10.2 Å². The second kappa shape index (κ2) is 7.51. The fourth-order valence-corrected chi connectivity index (χ4v) is 3.38. The monoisotopic (exact) mass is 342 g/mol. The Morgan fingerprint density at radius 2 is 1.88 bits per heavy atom. The minimum absolute atomic E-state index is 0.0303. The summed E-state index contributed by atoms with van der Waals surface area (Å²) >= 11 is 0. The summed E-state index contributed by atoms with van der Waals surface area (Å²) in [4.78, 5) is 38.5. The number of hydrogen-bond acceptors (Lipinski definition) is 4. The van der Waals surface area contributed by atoms with E-state index in [-0.39, 0.29) is 11.6 Å². The zero-order chi connectivity index (χ0) is 17.8. The molecule has 1 aliphatic carbocycles. The van der Waals surface area contributed by atoms with E-state index in [0.29, 0.717) is 17.9 Å². The van der Waals surface area contributed by atoms with Crippen LogP contribution >= 0.6 is 0 Å². The third-order valence-corrected chi connectivity index (χ3v) is 4.59. The fourth-order valence-electron chi connectivity index (χ4n) is 3.38. The molecule has 0 unspecified atom stereocenters. The molecule has 0 spiro atoms. The summed E-state index contributed by atoms with van der Waals surface area (Å²) in [6, 6.07) is 6.44. The van der Waals surface area contributed by atoms with Gasteiger partial charge >= 0.3 is 6.03 Å². The van der Waals surface area contributed by atoms with Crippen LogP contribution < -0.4 is 10.1 Å². The third kappa shape index (κ3) is 3.57. The van der Waals surface area contributed by atoms with E-state index in [1.807, 2.05) is 19.1 Å². The number of carbonyl (C=O) groups excluding carboxylic acids is 3. The summed E-state index contributed by atoms with van der Waals surface area (Å²) in [7, 11) is 0. The molecule has 0 aromatic heterocycles. The first kappa shape index (κ1) is 17.2. The number of imide groups is 2. The first-order chi connectivity index (χ1) is 12.1. The molecule has 1 saturated carbocycles. The van der Waals surface area contributed by atoms with Crippen LogP contribution in [0.1, 0.15) is 44.6 Å². The Kier molecular flexibility index (Phi) is 5.16. The molecule has 6 heteroatoms. The Labute approximate surface area is 146 Å². The van der Waals surface area contributed by atoms with Gasteiger partial charge in [-0.1, -0.05) is 37.5 Å². The van der Waals surface area contributed by atoms with Crippen LogP contribution in [0.15, 0.2) is 29.8 Å². The van der Waals surface area contributed by atoms with E-state index in [0.717, 1.165) is 32.1 Å². The van der Waals surface area contributed by atoms with Crippen molar-refractivity contribution in [2.75, 3.05) is 6.61 Å². The lowest BCUT2D eigenvalue weighted by Gasteiger charge is -2.35. The summed E-state index contributed by atoms with van der Waals surface area (Å²) < 4.78 is 5.55. The van der Waals surface area contributed by atoms with Crippen LogP contribution in [0.3, 0.4) is 0 Å². The second-order valence-corrected chi connectivity index (χ2v) is 6.26. The van der Waals surface area contributed by atoms with Gasteiger partial charge in [0.2, 0.25) is 0 Å². The van der Waals surface area contributed by atoms with E-state index in [2.05, 4.69) is 5.32 Å². The van der Waals surface area contributed by atoms with Crippen LogP contribution in [0.5, 0.6) is 5.75 Å². The molecule has 1 heterocycles. The summed E-state index contributed by atoms with van der Waals surface area (Å²) in [6.45, 7) is 2.35. The predicted molar refractivity (Wildman–Crippen MR) is 92.8 cm³/mol. The number of barbiturate groups is 1. The fraction of sp³-hybridized carbons (Fsp3) is 0.421. The van der Waals surface area contributed by atoms with Gasteiger partial charge in [0.15, 0.2) is 0 Å². The zero-order valence-corrected chi connectivity index (χ0v) is 14.3. The van der Waals surface area contributed by atoms with E-state index >= 15 is 0 Å². The van der Waals surface area contributed by atoms with Crippen molar-refractivity contribution in [2.24, 2.45) is 0 Å². The van der Waals surface area contributed by atoms with Crippen LogP contribution in [0.25, 0.3) is 6.08 Å². The maximum Gasteiger partial charge on any atom is 0.331 e. The lowest BCUT2D eigenvalue weighted by Crippen LogP contribution is -2.58. The highest BCUT2D eigenvalue weighted by atomic mass is 16.5. The Bertz CT molecular complexity index is 720. The molecule has 3 rings (SSSR count). The molecule has 25 heavy (non-hydrogen) atoms. The Hall–Kier alpha value is -2.63. The molecule has 2 fully saturated rings. The van der Waals surface area contributed by atoms with Gasteiger partial charge in [-0.2, -0.15) is 0 Å². The highest BCUT2D eigenvalue weighted by molar-refractivity contribution is 6.31. The quantitative estimate of drug-likeness (QED) is 0.674. The van der Waals surface area contributed by atoms with Gasteiger partial charge in [0.25, 0.3) is 11.8 Å². The summed E-state index contributed by atoms with van der Waals surface area (Å²) in [5.41, 5.74) is 0.609. The molecular formula is C19H22N2O4. The zero-order valence-electron chi connectivity index (χ0n) is 14.3. The third-order valence-electron chi connectivity index (χ3n) is 4.59. The molecule has 0 atom stereocenters. The standard InChI is InChI=1S/C19H22N2O4/c1-2-25-16-11-7-6-8-13(16)12-15-17(22)20-19(24)21(18(15)23)14-9-4-3-5-10-14/h6-8,11-12,14H,2-5,9-10H2,1H3,(H,20,22,24). The Balaban J connectivity index is 1.93. The molecular weight excluding hydrogens is 320 g/mol. The number of nitrogens with one attached hydrogen (secondary N) is 1. The summed E-state index contributed by atoms with van der Waals surface area (Å²) in [6.07, 6.45) is 6.17. The molecule has 1 aromatic rings. The van der Waals surface area contributed by atoms with Gasteiger partial charge in [0, 0.05) is 11.6 Å². The van der Waals surface area contributed by atoms with Gasteiger partial charge < -0.3 is 4.74 Å². The van der Waals surface area contributed by atoms with Crippen molar-refractivity contribution in [1.29, 1.82) is 0 Å². The Morgan fingerprint density at radius 3 is 2.60 bits per heavy atom. The lowest BCUT2D eigenvalue weighted by atomic mass is 9.93. The molecule has 1 aliphatic heterocycles. The minimum Gasteiger partial charge on any atom is -0.493 e. The van der Waals surface area contributed by atoms with E-state index < -0.39 is 17.8 Å². The van der Waals surface area contributed by atoms with Gasteiger partial charge in [-0.3, -0.25) is 19.8 Å². The first-order valence-corrected chi connectivity index (χ1v) is 8.74. The number of hydrogen-bond donors (Lipinski definition) is 1. The molecule has 6 nitrogen and oxygen atoms in total. The van der Waals surface area contributed by atoms with Crippen LogP contribution in [0.4, 0.5) is 4.79 Å². The van der Waals surface area contributed by atoms with E-state index in [4.69, 9.17) is 4.74 Å². The molecule has 4 amide bonds. The second-order valence-electron chi connectivity index (χ2n) is 6.26. The maximum atomic E-state index is 12.9. The first-order valence-electron chi connectivity index (χ1n) is 8.74. The SMILES string of the molecule is CCOc1ccccc1C=C1C(=O)NC(=O)N(C2CCCCC2)C1=O. The van der Waals surface area contributed by atoms with Crippen LogP contribution in [-0.2, 0) is 9.59 Å². The lowest BCUT2D eigenvalue weighted by molar-refractivity contribution is -0.132. The van der Waals surface area contributed by atoms with Crippen molar-refractivity contribution in [3.05, 3.63) is 35.4 Å². The summed E-state index contributed by atoms with van der Waals surface area (Å²) in [5.74, 6) is -0.584. The molecule has 1 saturated heterocycles. The van der Waals surface area contributed by atoms with Crippen LogP contribution in [0.2, 0.25) is 0 Å². The number of para-hydroxylation sites is 1. The molecule has 0 radical (unpaired) electrons. The number of benzene rings is 1. The summed E-state index contributed by atoms with van der Waals surface area (Å²) in [5, 5.41) is 2.30. The minimum atomic E-state index is -0.659. The van der Waals surface area contributed by atoms with Crippen LogP contribution in [0, 0.1) is 0 Å². The highest BCUT2D eigenvalue weighted by Gasteiger charge is 2.40. The molecule has 0 bridgehead atoms. The number of ether oxygens (including phenoxy) is 1. The van der Waals surface area contributed by atoms with Crippen molar-refractivity contribution >= 4 is 23.9 Å². The number of carbonyl (C=O) groups is 3. The van der Waals surface area contributed by atoms with Crippen molar-refractivity contribution < 1.29 is 19.1 Å². The van der Waals surface area contributed by atoms with E-state index in [1.165, 1.54) is 11.0 Å². The number of urea groups is 1. The van der Waals surface area contributed by atoms with Crippen LogP contribution in [-0.4, -0.2) is 35.4 Å². The van der Waals surface area contributed by atoms with Crippen molar-refractivity contribution in [2.45, 2.75) is 45.1 Å². The highest BCUT2D eigenvalue weighted by Crippen LogP contribution is 2.27. The molecule has 132 valence electrons. The molecule has 2 aliphatic rings. The Morgan fingerprint density at radius 1 is 1.16 bits per heavy atom. The largest absolute Gasteiger partial charge is 0.493 e. The van der Waals surface area contributed by atoms with Gasteiger partial charge in [0.1, 0.15) is 11.3 Å². The normalized spacial score (nSPS) is 20.8. The maximum absolute atomic E-state index is 12.9. The topological polar surface area (TPSA) is 75.7 Å². The van der Waals surface area contributed by atoms with Gasteiger partial charge in [-0.15, -0.1) is 0 Å². The number of amides is 4. The predicted octanol–water partition coefficient (Wildman–Crippen LogP) is 2.88. The smallest absolute Gasteiger partial charge is 0.331 e. The van der Waals surface area contributed by atoms with Gasteiger partial charge in [-0.25, -0.2) is 4.79 Å². The average molecular weight is 342 g/mol. The average Bonchev–Trinajstić information content (AvgIpc) is 2.61. The number of nitrogens with zero attached hydrogens (tertiary/aromatic N) is 1. The van der Waals surface area contributed by atoms with Gasteiger partial charge in [-0.05, 0) is 31.9 Å². The number of rotatable bonds is 4. The van der Waals surface area contributed by atoms with Crippen molar-refractivity contribution in [3.8, 4) is 5.75 Å². The molecule has 1 aromatic carbocycles. The van der Waals surface area contributed by atoms with Gasteiger partial charge in [0.05, 0.1) is 6.61 Å².